The third-order valence-corrected chi connectivity index (χ3v) is 6.55. The third-order valence-electron chi connectivity index (χ3n) is 6.24. The van der Waals surface area contributed by atoms with E-state index >= 15 is 0 Å². The van der Waals surface area contributed by atoms with Crippen LogP contribution in [-0.4, -0.2) is 47.2 Å². The van der Waals surface area contributed by atoms with Crippen LogP contribution >= 0.6 is 11.6 Å². The monoisotopic (exact) mass is 506 g/mol. The van der Waals surface area contributed by atoms with Crippen LogP contribution in [-0.2, 0) is 11.3 Å². The Morgan fingerprint density at radius 2 is 1.97 bits per heavy atom. The number of hydrogen-bond donors (Lipinski definition) is 3. The van der Waals surface area contributed by atoms with Gasteiger partial charge >= 0.3 is 0 Å². The smallest absolute Gasteiger partial charge is 0.271 e. The lowest BCUT2D eigenvalue weighted by Gasteiger charge is -2.28. The first-order valence-electron chi connectivity index (χ1n) is 12.2. The molecule has 0 spiro atoms. The van der Waals surface area contributed by atoms with Gasteiger partial charge in [-0.25, -0.2) is 5.43 Å². The molecule has 2 amide bonds. The zero-order valence-corrected chi connectivity index (χ0v) is 21.3. The summed E-state index contributed by atoms with van der Waals surface area (Å²) in [5, 5.41) is 19.1. The number of carbonyl (C=O) groups is 2. The van der Waals surface area contributed by atoms with E-state index in [9.17, 15) is 14.7 Å². The molecular weight excluding hydrogens is 476 g/mol. The van der Waals surface area contributed by atoms with Crippen molar-refractivity contribution in [1.82, 2.24) is 15.6 Å². The van der Waals surface area contributed by atoms with Gasteiger partial charge in [0.25, 0.3) is 5.91 Å². The highest BCUT2D eigenvalue weighted by Crippen LogP contribution is 2.25. The fraction of sp³-hybridized carbons (Fsp3) is 0.321. The molecule has 1 fully saturated rings. The normalized spacial score (nSPS) is 15.6. The summed E-state index contributed by atoms with van der Waals surface area (Å²) in [6.45, 7) is 6.37. The Morgan fingerprint density at radius 1 is 1.19 bits per heavy atom. The Bertz CT molecular complexity index is 1290. The summed E-state index contributed by atoms with van der Waals surface area (Å²) in [5.74, 6) is 0.00180. The molecular formula is C28H31ClN4O3. The van der Waals surface area contributed by atoms with E-state index in [0.717, 1.165) is 41.3 Å². The van der Waals surface area contributed by atoms with Crippen LogP contribution in [0.1, 0.15) is 48.2 Å². The lowest BCUT2D eigenvalue weighted by molar-refractivity contribution is -0.134. The van der Waals surface area contributed by atoms with Gasteiger partial charge in [0.2, 0.25) is 5.91 Å². The number of halogens is 1. The molecule has 4 rings (SSSR count). The molecule has 188 valence electrons. The number of aromatic hydroxyl groups is 1. The third kappa shape index (κ3) is 6.04. The van der Waals surface area contributed by atoms with Crippen molar-refractivity contribution < 1.29 is 14.7 Å². The van der Waals surface area contributed by atoms with E-state index in [0.29, 0.717) is 24.6 Å². The Hall–Kier alpha value is -3.42. The molecule has 3 N–H and O–H groups in total. The standard InChI is InChI=1S/C28H31ClN4O3/c1-18(2)16-33(28(36)25-8-5-13-30-25)17-21-10-9-20(22-6-3-4-7-23(21)22)15-31-32-27(35)19-11-12-26(34)24(29)14-19/h3-4,6-7,9-12,14-15,18,25,30,34H,5,8,13,16-17H2,1-2H3,(H,32,35)/b31-15+. The molecule has 0 bridgehead atoms. The van der Waals surface area contributed by atoms with Crippen LogP contribution in [0.15, 0.2) is 59.7 Å². The van der Waals surface area contributed by atoms with Crippen LogP contribution in [0.4, 0.5) is 0 Å². The van der Waals surface area contributed by atoms with Gasteiger partial charge in [-0.1, -0.05) is 61.8 Å². The van der Waals surface area contributed by atoms with Crippen molar-refractivity contribution >= 4 is 40.4 Å². The second-order valence-corrected chi connectivity index (χ2v) is 9.89. The fourth-order valence-electron chi connectivity index (χ4n) is 4.50. The van der Waals surface area contributed by atoms with Gasteiger partial charge in [0.15, 0.2) is 0 Å². The van der Waals surface area contributed by atoms with Crippen LogP contribution < -0.4 is 10.7 Å². The summed E-state index contributed by atoms with van der Waals surface area (Å²) in [6.07, 6.45) is 3.51. The number of benzene rings is 3. The number of hydrogen-bond acceptors (Lipinski definition) is 5. The SMILES string of the molecule is CC(C)CN(Cc1ccc(/C=N/NC(=O)c2ccc(O)c(Cl)c2)c2ccccc12)C(=O)C1CCCN1. The van der Waals surface area contributed by atoms with Gasteiger partial charge in [-0.2, -0.15) is 5.10 Å². The minimum atomic E-state index is -0.433. The average molecular weight is 507 g/mol. The molecule has 8 heteroatoms. The summed E-state index contributed by atoms with van der Waals surface area (Å²) < 4.78 is 0. The molecule has 1 heterocycles. The van der Waals surface area contributed by atoms with Crippen molar-refractivity contribution in [2.45, 2.75) is 39.3 Å². The number of phenols is 1. The molecule has 1 aliphatic rings. The maximum absolute atomic E-state index is 13.2. The molecule has 0 aromatic heterocycles. The predicted octanol–water partition coefficient (Wildman–Crippen LogP) is 4.70. The lowest BCUT2D eigenvalue weighted by Crippen LogP contribution is -2.44. The minimum Gasteiger partial charge on any atom is -0.506 e. The quantitative estimate of drug-likeness (QED) is 0.305. The Kier molecular flexibility index (Phi) is 8.23. The maximum atomic E-state index is 13.2. The highest BCUT2D eigenvalue weighted by atomic mass is 35.5. The van der Waals surface area contributed by atoms with E-state index < -0.39 is 5.91 Å². The highest BCUT2D eigenvalue weighted by Gasteiger charge is 2.27. The van der Waals surface area contributed by atoms with Crippen LogP contribution in [0.5, 0.6) is 5.75 Å². The first kappa shape index (κ1) is 25.7. The number of nitrogens with one attached hydrogen (secondary N) is 2. The van der Waals surface area contributed by atoms with Crippen molar-refractivity contribution in [3.8, 4) is 5.75 Å². The van der Waals surface area contributed by atoms with E-state index in [-0.39, 0.29) is 22.7 Å². The molecule has 3 aromatic rings. The van der Waals surface area contributed by atoms with Gasteiger partial charge in [0, 0.05) is 24.2 Å². The summed E-state index contributed by atoms with van der Waals surface area (Å²) in [7, 11) is 0. The Balaban J connectivity index is 1.54. The van der Waals surface area contributed by atoms with E-state index in [2.05, 4.69) is 29.7 Å². The number of carbonyl (C=O) groups excluding carboxylic acids is 2. The predicted molar refractivity (Wildman–Crippen MR) is 143 cm³/mol. The molecule has 1 saturated heterocycles. The van der Waals surface area contributed by atoms with Crippen molar-refractivity contribution in [2.24, 2.45) is 11.0 Å². The molecule has 0 saturated carbocycles. The topological polar surface area (TPSA) is 94.0 Å². The van der Waals surface area contributed by atoms with Crippen LogP contribution in [0, 0.1) is 5.92 Å². The van der Waals surface area contributed by atoms with Crippen LogP contribution in [0.2, 0.25) is 5.02 Å². The average Bonchev–Trinajstić information content (AvgIpc) is 3.40. The lowest BCUT2D eigenvalue weighted by atomic mass is 9.99. The first-order valence-corrected chi connectivity index (χ1v) is 12.6. The zero-order chi connectivity index (χ0) is 25.7. The second kappa shape index (κ2) is 11.5. The van der Waals surface area contributed by atoms with Gasteiger partial charge in [-0.3, -0.25) is 9.59 Å². The number of rotatable bonds is 8. The van der Waals surface area contributed by atoms with Gasteiger partial charge in [-0.05, 0) is 59.8 Å². The van der Waals surface area contributed by atoms with Gasteiger partial charge in [-0.15, -0.1) is 0 Å². The van der Waals surface area contributed by atoms with Crippen molar-refractivity contribution in [3.05, 3.63) is 76.3 Å². The maximum Gasteiger partial charge on any atom is 0.271 e. The van der Waals surface area contributed by atoms with E-state index in [1.165, 1.54) is 18.2 Å². The van der Waals surface area contributed by atoms with Crippen molar-refractivity contribution in [3.63, 3.8) is 0 Å². The fourth-order valence-corrected chi connectivity index (χ4v) is 4.68. The number of hydrazone groups is 1. The number of amides is 2. The molecule has 0 radical (unpaired) electrons. The van der Waals surface area contributed by atoms with Gasteiger partial charge < -0.3 is 15.3 Å². The van der Waals surface area contributed by atoms with Gasteiger partial charge in [0.1, 0.15) is 5.75 Å². The second-order valence-electron chi connectivity index (χ2n) is 9.49. The highest BCUT2D eigenvalue weighted by molar-refractivity contribution is 6.32. The molecule has 7 nitrogen and oxygen atoms in total. The molecule has 1 aliphatic heterocycles. The van der Waals surface area contributed by atoms with Crippen molar-refractivity contribution in [1.29, 1.82) is 0 Å². The summed E-state index contributed by atoms with van der Waals surface area (Å²) in [4.78, 5) is 27.6. The first-order chi connectivity index (χ1) is 17.3. The Morgan fingerprint density at radius 3 is 2.67 bits per heavy atom. The van der Waals surface area contributed by atoms with E-state index in [4.69, 9.17) is 11.6 Å². The molecule has 3 aromatic carbocycles. The van der Waals surface area contributed by atoms with Gasteiger partial charge in [0.05, 0.1) is 17.3 Å². The molecule has 36 heavy (non-hydrogen) atoms. The zero-order valence-electron chi connectivity index (χ0n) is 20.5. The van der Waals surface area contributed by atoms with Crippen molar-refractivity contribution in [2.75, 3.05) is 13.1 Å². The summed E-state index contributed by atoms with van der Waals surface area (Å²) in [6, 6.07) is 16.1. The Labute approximate surface area is 216 Å². The number of fused-ring (bicyclic) bond motifs is 1. The molecule has 1 unspecified atom stereocenters. The molecule has 1 atom stereocenters. The largest absolute Gasteiger partial charge is 0.506 e. The molecule has 0 aliphatic carbocycles. The number of nitrogens with zero attached hydrogens (tertiary/aromatic N) is 2. The van der Waals surface area contributed by atoms with E-state index in [1.54, 1.807) is 6.21 Å². The minimum absolute atomic E-state index is 0.0866. The van der Waals surface area contributed by atoms with Crippen LogP contribution in [0.25, 0.3) is 10.8 Å². The summed E-state index contributed by atoms with van der Waals surface area (Å²) in [5.41, 5.74) is 4.71. The van der Waals surface area contributed by atoms with Crippen LogP contribution in [0.3, 0.4) is 0 Å². The number of phenolic OH excluding ortho intramolecular Hbond substituents is 1. The van der Waals surface area contributed by atoms with E-state index in [1.807, 2.05) is 41.3 Å². The summed E-state index contributed by atoms with van der Waals surface area (Å²) >= 11 is 5.89.